The van der Waals surface area contributed by atoms with E-state index in [1.54, 1.807) is 18.5 Å². The summed E-state index contributed by atoms with van der Waals surface area (Å²) in [5, 5.41) is 15.8. The third-order valence-electron chi connectivity index (χ3n) is 3.37. The van der Waals surface area contributed by atoms with Crippen LogP contribution in [0.15, 0.2) is 18.5 Å². The number of rotatable bonds is 3. The molecule has 0 aliphatic carbocycles. The number of pyridine rings is 1. The summed E-state index contributed by atoms with van der Waals surface area (Å²) in [6.07, 6.45) is 5.85. The number of hydrogen-bond acceptors (Lipinski definition) is 4. The van der Waals surface area contributed by atoms with Crippen molar-refractivity contribution in [3.05, 3.63) is 24.0 Å². The lowest BCUT2D eigenvalue weighted by Gasteiger charge is -2.29. The van der Waals surface area contributed by atoms with Crippen molar-refractivity contribution >= 4 is 5.69 Å². The molecule has 0 spiro atoms. The minimum Gasteiger partial charge on any atom is -0.380 e. The van der Waals surface area contributed by atoms with Crippen LogP contribution in [0.2, 0.25) is 0 Å². The Morgan fingerprint density at radius 1 is 1.65 bits per heavy atom. The molecule has 17 heavy (non-hydrogen) atoms. The van der Waals surface area contributed by atoms with Crippen LogP contribution in [0.4, 0.5) is 5.69 Å². The third kappa shape index (κ3) is 2.95. The van der Waals surface area contributed by atoms with Gasteiger partial charge in [-0.3, -0.25) is 4.98 Å². The molecule has 0 bridgehead atoms. The maximum Gasteiger partial charge on any atom is 0.101 e. The van der Waals surface area contributed by atoms with E-state index < -0.39 is 0 Å². The summed E-state index contributed by atoms with van der Waals surface area (Å²) in [7, 11) is 0. The molecule has 0 saturated carbocycles. The zero-order valence-electron chi connectivity index (χ0n) is 10.1. The van der Waals surface area contributed by atoms with Gasteiger partial charge in [0.15, 0.2) is 0 Å². The van der Waals surface area contributed by atoms with Gasteiger partial charge in [0.1, 0.15) is 6.07 Å². The van der Waals surface area contributed by atoms with Crippen LogP contribution < -0.4 is 10.6 Å². The highest BCUT2D eigenvalue weighted by Gasteiger charge is 2.20. The molecular weight excluding hydrogens is 212 g/mol. The molecule has 4 heteroatoms. The molecule has 0 amide bonds. The van der Waals surface area contributed by atoms with Crippen molar-refractivity contribution in [2.45, 2.75) is 25.8 Å². The van der Waals surface area contributed by atoms with E-state index in [1.165, 1.54) is 12.8 Å². The lowest BCUT2D eigenvalue weighted by molar-refractivity contribution is 0.347. The molecule has 2 N–H and O–H groups in total. The molecule has 2 atom stereocenters. The zero-order valence-corrected chi connectivity index (χ0v) is 10.1. The van der Waals surface area contributed by atoms with Crippen molar-refractivity contribution in [3.8, 4) is 6.07 Å². The normalized spacial score (nSPS) is 21.5. The van der Waals surface area contributed by atoms with Crippen LogP contribution in [-0.4, -0.2) is 24.1 Å². The third-order valence-corrected chi connectivity index (χ3v) is 3.37. The molecule has 0 radical (unpaired) electrons. The minimum absolute atomic E-state index is 0.360. The standard InChI is InChI=1S/C13H18N4/c1-10(12-3-2-5-15-8-12)17-13-9-16-6-4-11(13)7-14/h4,6,9-10,12,15,17H,2-3,5,8H2,1H3. The number of nitrogens with zero attached hydrogens (tertiary/aromatic N) is 2. The predicted molar refractivity (Wildman–Crippen MR) is 67.6 cm³/mol. The number of nitriles is 1. The Kier molecular flexibility index (Phi) is 3.94. The molecule has 1 saturated heterocycles. The quantitative estimate of drug-likeness (QED) is 0.830. The second-order valence-electron chi connectivity index (χ2n) is 4.57. The van der Waals surface area contributed by atoms with E-state index in [2.05, 4.69) is 28.6 Å². The molecule has 0 aromatic carbocycles. The van der Waals surface area contributed by atoms with E-state index in [1.807, 2.05) is 0 Å². The van der Waals surface area contributed by atoms with E-state index in [9.17, 15) is 0 Å². The van der Waals surface area contributed by atoms with E-state index in [-0.39, 0.29) is 0 Å². The second kappa shape index (κ2) is 5.65. The molecule has 2 rings (SSSR count). The summed E-state index contributed by atoms with van der Waals surface area (Å²) in [6.45, 7) is 4.35. The first-order valence-electron chi connectivity index (χ1n) is 6.12. The lowest BCUT2D eigenvalue weighted by atomic mass is 9.92. The Bertz CT molecular complexity index is 404. The predicted octanol–water partition coefficient (Wildman–Crippen LogP) is 1.75. The maximum atomic E-state index is 9.01. The summed E-state index contributed by atoms with van der Waals surface area (Å²) < 4.78 is 0. The van der Waals surface area contributed by atoms with Gasteiger partial charge in [0.05, 0.1) is 17.4 Å². The molecule has 1 aliphatic rings. The average Bonchev–Trinajstić information content (AvgIpc) is 2.40. The van der Waals surface area contributed by atoms with Crippen LogP contribution in [0, 0.1) is 17.2 Å². The Hall–Kier alpha value is -1.60. The van der Waals surface area contributed by atoms with Crippen molar-refractivity contribution in [2.75, 3.05) is 18.4 Å². The van der Waals surface area contributed by atoms with E-state index in [4.69, 9.17) is 5.26 Å². The van der Waals surface area contributed by atoms with Crippen molar-refractivity contribution in [2.24, 2.45) is 5.92 Å². The molecular formula is C13H18N4. The highest BCUT2D eigenvalue weighted by molar-refractivity contribution is 5.55. The van der Waals surface area contributed by atoms with Gasteiger partial charge >= 0.3 is 0 Å². The number of piperidine rings is 1. The summed E-state index contributed by atoms with van der Waals surface area (Å²) in [5.74, 6) is 0.621. The lowest BCUT2D eigenvalue weighted by Crippen LogP contribution is -2.38. The Morgan fingerprint density at radius 3 is 3.24 bits per heavy atom. The van der Waals surface area contributed by atoms with Gasteiger partial charge < -0.3 is 10.6 Å². The van der Waals surface area contributed by atoms with Crippen molar-refractivity contribution < 1.29 is 0 Å². The first kappa shape index (κ1) is 11.9. The monoisotopic (exact) mass is 230 g/mol. The van der Waals surface area contributed by atoms with Gasteiger partial charge in [0.25, 0.3) is 0 Å². The smallest absolute Gasteiger partial charge is 0.101 e. The largest absolute Gasteiger partial charge is 0.380 e. The van der Waals surface area contributed by atoms with Gasteiger partial charge in [-0.05, 0) is 44.8 Å². The fourth-order valence-electron chi connectivity index (χ4n) is 2.28. The van der Waals surface area contributed by atoms with Gasteiger partial charge in [-0.25, -0.2) is 0 Å². The Morgan fingerprint density at radius 2 is 2.53 bits per heavy atom. The minimum atomic E-state index is 0.360. The number of anilines is 1. The summed E-state index contributed by atoms with van der Waals surface area (Å²) in [4.78, 5) is 4.06. The first-order valence-corrected chi connectivity index (χ1v) is 6.12. The molecule has 2 heterocycles. The highest BCUT2D eigenvalue weighted by Crippen LogP contribution is 2.20. The molecule has 4 nitrogen and oxygen atoms in total. The number of hydrogen-bond donors (Lipinski definition) is 2. The van der Waals surface area contributed by atoms with Crippen LogP contribution in [-0.2, 0) is 0 Å². The van der Waals surface area contributed by atoms with Gasteiger partial charge in [0.2, 0.25) is 0 Å². The summed E-state index contributed by atoms with van der Waals surface area (Å²) >= 11 is 0. The van der Waals surface area contributed by atoms with Crippen LogP contribution in [0.25, 0.3) is 0 Å². The van der Waals surface area contributed by atoms with Crippen molar-refractivity contribution in [1.82, 2.24) is 10.3 Å². The van der Waals surface area contributed by atoms with E-state index in [0.717, 1.165) is 18.8 Å². The fraction of sp³-hybridized carbons (Fsp3) is 0.538. The molecule has 1 aliphatic heterocycles. The topological polar surface area (TPSA) is 60.7 Å². The number of aromatic nitrogens is 1. The van der Waals surface area contributed by atoms with E-state index in [0.29, 0.717) is 17.5 Å². The molecule has 1 aromatic heterocycles. The molecule has 1 aromatic rings. The first-order chi connectivity index (χ1) is 8.31. The Labute approximate surface area is 102 Å². The number of nitrogens with one attached hydrogen (secondary N) is 2. The Balaban J connectivity index is 2.02. The molecule has 1 fully saturated rings. The van der Waals surface area contributed by atoms with Gasteiger partial charge in [0, 0.05) is 12.2 Å². The van der Waals surface area contributed by atoms with Crippen LogP contribution in [0.1, 0.15) is 25.3 Å². The van der Waals surface area contributed by atoms with Crippen LogP contribution in [0.3, 0.4) is 0 Å². The SMILES string of the molecule is CC(Nc1cnccc1C#N)C1CCCNC1. The second-order valence-corrected chi connectivity index (χ2v) is 4.57. The average molecular weight is 230 g/mol. The zero-order chi connectivity index (χ0) is 12.1. The molecule has 2 unspecified atom stereocenters. The highest BCUT2D eigenvalue weighted by atomic mass is 15.0. The molecule has 90 valence electrons. The van der Waals surface area contributed by atoms with Crippen LogP contribution >= 0.6 is 0 Å². The summed E-state index contributed by atoms with van der Waals surface area (Å²) in [5.41, 5.74) is 1.50. The van der Waals surface area contributed by atoms with Gasteiger partial charge in [-0.1, -0.05) is 0 Å². The fourth-order valence-corrected chi connectivity index (χ4v) is 2.28. The van der Waals surface area contributed by atoms with Gasteiger partial charge in [-0.2, -0.15) is 5.26 Å². The van der Waals surface area contributed by atoms with Crippen LogP contribution in [0.5, 0.6) is 0 Å². The van der Waals surface area contributed by atoms with Crippen molar-refractivity contribution in [3.63, 3.8) is 0 Å². The van der Waals surface area contributed by atoms with E-state index >= 15 is 0 Å². The summed E-state index contributed by atoms with van der Waals surface area (Å²) in [6, 6.07) is 4.29. The van der Waals surface area contributed by atoms with Gasteiger partial charge in [-0.15, -0.1) is 0 Å². The maximum absolute atomic E-state index is 9.01. The van der Waals surface area contributed by atoms with Crippen molar-refractivity contribution in [1.29, 1.82) is 5.26 Å².